The van der Waals surface area contributed by atoms with Gasteiger partial charge in [0.05, 0.1) is 16.9 Å². The van der Waals surface area contributed by atoms with Crippen LogP contribution in [-0.2, 0) is 11.0 Å². The lowest BCUT2D eigenvalue weighted by atomic mass is 10.1. The van der Waals surface area contributed by atoms with E-state index in [0.717, 1.165) is 11.8 Å². The van der Waals surface area contributed by atoms with Crippen LogP contribution in [0.4, 0.5) is 42.1 Å². The Hall–Kier alpha value is -4.07. The van der Waals surface area contributed by atoms with Crippen LogP contribution in [0.3, 0.4) is 0 Å². The van der Waals surface area contributed by atoms with Crippen LogP contribution >= 0.6 is 11.8 Å². The average Bonchev–Trinajstić information content (AvgIpc) is 2.83. The number of alkyl halides is 3. The second-order valence-electron chi connectivity index (χ2n) is 7.17. The molecule has 0 saturated carbocycles. The van der Waals surface area contributed by atoms with Crippen molar-refractivity contribution in [1.29, 1.82) is 0 Å². The minimum Gasteiger partial charge on any atom is -0.478 e. The Morgan fingerprint density at radius 2 is 1.41 bits per heavy atom. The lowest BCUT2D eigenvalue weighted by molar-refractivity contribution is -0.143. The zero-order chi connectivity index (χ0) is 27.5. The van der Waals surface area contributed by atoms with Crippen LogP contribution in [-0.4, -0.2) is 28.6 Å². The van der Waals surface area contributed by atoms with Gasteiger partial charge in [0.25, 0.3) is 5.91 Å². The number of halogens is 7. The first-order chi connectivity index (χ1) is 17.3. The number of hydrogen-bond donors (Lipinski definition) is 3. The van der Waals surface area contributed by atoms with Crippen LogP contribution in [0.1, 0.15) is 26.3 Å². The number of rotatable bonds is 7. The van der Waals surface area contributed by atoms with E-state index in [1.54, 1.807) is 0 Å². The van der Waals surface area contributed by atoms with E-state index in [-0.39, 0.29) is 16.8 Å². The molecule has 0 bridgehead atoms. The zero-order valence-electron chi connectivity index (χ0n) is 18.1. The summed E-state index contributed by atoms with van der Waals surface area (Å²) in [5.41, 5.74) is -4.64. The summed E-state index contributed by atoms with van der Waals surface area (Å²) in [5, 5.41) is 13.2. The molecule has 14 heteroatoms. The van der Waals surface area contributed by atoms with Gasteiger partial charge in [-0.25, -0.2) is 22.4 Å². The molecular weight excluding hydrogens is 533 g/mol. The Bertz CT molecular complexity index is 1370. The molecule has 2 amide bonds. The van der Waals surface area contributed by atoms with Gasteiger partial charge >= 0.3 is 12.1 Å². The van der Waals surface area contributed by atoms with Gasteiger partial charge in [-0.3, -0.25) is 9.59 Å². The third kappa shape index (κ3) is 6.20. The van der Waals surface area contributed by atoms with E-state index in [0.29, 0.717) is 4.90 Å². The minimum atomic E-state index is -5.72. The summed E-state index contributed by atoms with van der Waals surface area (Å²) < 4.78 is 93.4. The SMILES string of the molecule is O=C(CSc1cccc(NC(=O)c2ccccc2C(=O)O)c1)Nc1c(F)c(F)c(C(F)(F)F)c(F)c1F. The van der Waals surface area contributed by atoms with Gasteiger partial charge in [0, 0.05) is 10.6 Å². The summed E-state index contributed by atoms with van der Waals surface area (Å²) in [6, 6.07) is 11.2. The minimum absolute atomic E-state index is 0.118. The van der Waals surface area contributed by atoms with Gasteiger partial charge in [0.15, 0.2) is 23.3 Å². The number of aromatic carboxylic acids is 1. The number of nitrogens with one attached hydrogen (secondary N) is 2. The third-order valence-electron chi connectivity index (χ3n) is 4.68. The third-order valence-corrected chi connectivity index (χ3v) is 5.67. The van der Waals surface area contributed by atoms with Crippen molar-refractivity contribution in [3.8, 4) is 0 Å². The highest BCUT2D eigenvalue weighted by Gasteiger charge is 2.42. The first-order valence-corrected chi connectivity index (χ1v) is 10.9. The van der Waals surface area contributed by atoms with Crippen molar-refractivity contribution >= 4 is 40.9 Å². The first-order valence-electron chi connectivity index (χ1n) is 9.90. The molecule has 0 aliphatic carbocycles. The van der Waals surface area contributed by atoms with Gasteiger partial charge in [-0.2, -0.15) is 13.2 Å². The summed E-state index contributed by atoms with van der Waals surface area (Å²) in [5.74, 6) is -14.1. The number of amides is 2. The topological polar surface area (TPSA) is 95.5 Å². The molecule has 6 nitrogen and oxygen atoms in total. The van der Waals surface area contributed by atoms with Gasteiger partial charge < -0.3 is 15.7 Å². The van der Waals surface area contributed by atoms with Gasteiger partial charge in [0.1, 0.15) is 11.3 Å². The molecule has 0 fully saturated rings. The van der Waals surface area contributed by atoms with Gasteiger partial charge in [0.2, 0.25) is 5.91 Å². The predicted molar refractivity (Wildman–Crippen MR) is 118 cm³/mol. The second-order valence-corrected chi connectivity index (χ2v) is 8.22. The van der Waals surface area contributed by atoms with Gasteiger partial charge in [-0.15, -0.1) is 11.8 Å². The van der Waals surface area contributed by atoms with Crippen molar-refractivity contribution in [2.75, 3.05) is 16.4 Å². The van der Waals surface area contributed by atoms with Crippen molar-refractivity contribution in [3.05, 3.63) is 88.5 Å². The molecule has 3 aromatic carbocycles. The maximum absolute atomic E-state index is 14.0. The summed E-state index contributed by atoms with van der Waals surface area (Å²) in [6.07, 6.45) is -5.72. The van der Waals surface area contributed by atoms with Crippen LogP contribution in [0.25, 0.3) is 0 Å². The highest BCUT2D eigenvalue weighted by atomic mass is 32.2. The summed E-state index contributed by atoms with van der Waals surface area (Å²) >= 11 is 0.751. The molecule has 0 saturated heterocycles. The number of thioether (sulfide) groups is 1. The molecule has 3 N–H and O–H groups in total. The van der Waals surface area contributed by atoms with Crippen molar-refractivity contribution < 1.29 is 50.2 Å². The maximum atomic E-state index is 14.0. The van der Waals surface area contributed by atoms with E-state index in [1.165, 1.54) is 53.8 Å². The van der Waals surface area contributed by atoms with Crippen LogP contribution in [0.2, 0.25) is 0 Å². The fourth-order valence-corrected chi connectivity index (χ4v) is 3.80. The summed E-state index contributed by atoms with van der Waals surface area (Å²) in [4.78, 5) is 36.2. The molecule has 0 heterocycles. The normalized spacial score (nSPS) is 11.2. The van der Waals surface area contributed by atoms with Gasteiger partial charge in [-0.05, 0) is 30.3 Å². The largest absolute Gasteiger partial charge is 0.478 e. The summed E-state index contributed by atoms with van der Waals surface area (Å²) in [7, 11) is 0. The molecule has 0 aromatic heterocycles. The number of hydrogen-bond acceptors (Lipinski definition) is 4. The molecule has 0 unspecified atom stereocenters. The molecule has 3 aromatic rings. The first kappa shape index (κ1) is 27.5. The van der Waals surface area contributed by atoms with E-state index in [1.807, 2.05) is 0 Å². The van der Waals surface area contributed by atoms with Crippen molar-refractivity contribution in [2.24, 2.45) is 0 Å². The monoisotopic (exact) mass is 546 g/mol. The molecule has 0 spiro atoms. The smallest absolute Gasteiger partial charge is 0.422 e. The quantitative estimate of drug-likeness (QED) is 0.194. The fraction of sp³-hybridized carbons (Fsp3) is 0.0870. The lowest BCUT2D eigenvalue weighted by Crippen LogP contribution is -2.21. The van der Waals surface area contributed by atoms with Gasteiger partial charge in [-0.1, -0.05) is 18.2 Å². The highest BCUT2D eigenvalue weighted by molar-refractivity contribution is 8.00. The van der Waals surface area contributed by atoms with Crippen LogP contribution in [0.5, 0.6) is 0 Å². The Labute approximate surface area is 207 Å². The number of carboxylic acids is 1. The molecule has 0 atom stereocenters. The van der Waals surface area contributed by atoms with Crippen molar-refractivity contribution in [3.63, 3.8) is 0 Å². The fourth-order valence-electron chi connectivity index (χ4n) is 3.04. The Morgan fingerprint density at radius 3 is 1.97 bits per heavy atom. The molecular formula is C23H13F7N2O4S. The number of carbonyl (C=O) groups is 3. The highest BCUT2D eigenvalue weighted by Crippen LogP contribution is 2.38. The Balaban J connectivity index is 1.70. The standard InChI is InChI=1S/C23H13F7N2O4S/c24-16-15(23(28,29)30)17(25)19(27)20(18(16)26)32-14(33)9-37-11-5-3-4-10(8-11)31-21(34)12-6-1-2-7-13(12)22(35)36/h1-8H,9H2,(H,31,34)(H,32,33)(H,35,36). The molecule has 0 radical (unpaired) electrons. The second kappa shape index (κ2) is 10.9. The van der Waals surface area contributed by atoms with E-state index >= 15 is 0 Å². The van der Waals surface area contributed by atoms with E-state index in [4.69, 9.17) is 0 Å². The number of benzene rings is 3. The molecule has 3 rings (SSSR count). The number of carbonyl (C=O) groups excluding carboxylic acids is 2. The number of anilines is 2. The molecule has 0 aliphatic heterocycles. The van der Waals surface area contributed by atoms with E-state index in [9.17, 15) is 50.2 Å². The zero-order valence-corrected chi connectivity index (χ0v) is 18.9. The maximum Gasteiger partial charge on any atom is 0.422 e. The Morgan fingerprint density at radius 1 is 0.811 bits per heavy atom. The van der Waals surface area contributed by atoms with Crippen molar-refractivity contribution in [1.82, 2.24) is 0 Å². The average molecular weight is 546 g/mol. The van der Waals surface area contributed by atoms with E-state index in [2.05, 4.69) is 5.32 Å². The molecule has 37 heavy (non-hydrogen) atoms. The van der Waals surface area contributed by atoms with Crippen LogP contribution < -0.4 is 10.6 Å². The van der Waals surface area contributed by atoms with Crippen LogP contribution in [0.15, 0.2) is 53.4 Å². The molecule has 0 aliphatic rings. The molecule has 194 valence electrons. The summed E-state index contributed by atoms with van der Waals surface area (Å²) in [6.45, 7) is 0. The predicted octanol–water partition coefficient (Wildman–Crippen LogP) is 5.94. The lowest BCUT2D eigenvalue weighted by Gasteiger charge is -2.14. The van der Waals surface area contributed by atoms with E-state index < -0.39 is 64.2 Å². The van der Waals surface area contributed by atoms with Crippen LogP contribution in [0, 0.1) is 23.3 Å². The van der Waals surface area contributed by atoms with Crippen molar-refractivity contribution in [2.45, 2.75) is 11.1 Å². The Kier molecular flexibility index (Phi) is 8.11. The number of carboxylic acid groups (broad SMARTS) is 1.